The van der Waals surface area contributed by atoms with Crippen LogP contribution in [0.25, 0.3) is 0 Å². The van der Waals surface area contributed by atoms with Gasteiger partial charge < -0.3 is 10.8 Å². The van der Waals surface area contributed by atoms with Crippen molar-refractivity contribution in [1.82, 2.24) is 0 Å². The first-order valence-corrected chi connectivity index (χ1v) is 7.09. The molecule has 0 aromatic carbocycles. The van der Waals surface area contributed by atoms with Crippen molar-refractivity contribution in [2.24, 2.45) is 11.7 Å². The van der Waals surface area contributed by atoms with Gasteiger partial charge in [0.05, 0.1) is 0 Å². The molecule has 1 aliphatic rings. The van der Waals surface area contributed by atoms with Gasteiger partial charge in [0, 0.05) is 10.5 Å². The molecular formula is C13H23NO2S. The molecule has 98 valence electrons. The minimum atomic E-state index is -0.910. The molecule has 0 amide bonds. The normalized spacial score (nSPS) is 23.1. The minimum absolute atomic E-state index is 0.101. The zero-order valence-electron chi connectivity index (χ0n) is 10.9. The van der Waals surface area contributed by atoms with E-state index in [1.54, 1.807) is 11.8 Å². The van der Waals surface area contributed by atoms with Gasteiger partial charge in [0.25, 0.3) is 0 Å². The van der Waals surface area contributed by atoms with Crippen LogP contribution in [0.2, 0.25) is 0 Å². The molecule has 1 aliphatic carbocycles. The summed E-state index contributed by atoms with van der Waals surface area (Å²) in [4.78, 5) is 10.7. The molecule has 0 fully saturated rings. The number of hydrogen-bond acceptors (Lipinski definition) is 3. The second-order valence-electron chi connectivity index (χ2n) is 5.38. The monoisotopic (exact) mass is 257 g/mol. The second-order valence-corrected chi connectivity index (χ2v) is 7.06. The smallest absolute Gasteiger partial charge is 0.321 e. The van der Waals surface area contributed by atoms with Crippen LogP contribution in [0.3, 0.4) is 0 Å². The standard InChI is InChI=1S/C13H23NO2S/c1-9-4-6-10(7-5-9)13(2,3)17-8-11(14)12(15)16/h4,10-11H,5-8,14H2,1-3H3,(H,15,16). The molecule has 0 spiro atoms. The number of carbonyl (C=O) groups is 1. The van der Waals surface area contributed by atoms with Crippen LogP contribution in [0.5, 0.6) is 0 Å². The van der Waals surface area contributed by atoms with Crippen LogP contribution in [0, 0.1) is 5.92 Å². The lowest BCUT2D eigenvalue weighted by Crippen LogP contribution is -2.36. The highest BCUT2D eigenvalue weighted by Crippen LogP contribution is 2.40. The molecule has 0 aromatic rings. The number of thioether (sulfide) groups is 1. The van der Waals surface area contributed by atoms with Crippen molar-refractivity contribution in [2.75, 3.05) is 5.75 Å². The van der Waals surface area contributed by atoms with E-state index in [1.807, 2.05) is 0 Å². The van der Waals surface area contributed by atoms with Gasteiger partial charge in [-0.1, -0.05) is 25.5 Å². The summed E-state index contributed by atoms with van der Waals surface area (Å²) in [5.74, 6) is 0.200. The number of hydrogen-bond donors (Lipinski definition) is 2. The fourth-order valence-corrected chi connectivity index (χ4v) is 3.29. The molecule has 17 heavy (non-hydrogen) atoms. The maximum absolute atomic E-state index is 10.7. The summed E-state index contributed by atoms with van der Waals surface area (Å²) < 4.78 is 0.101. The first kappa shape index (κ1) is 14.6. The largest absolute Gasteiger partial charge is 0.480 e. The van der Waals surface area contributed by atoms with Crippen molar-refractivity contribution in [3.05, 3.63) is 11.6 Å². The van der Waals surface area contributed by atoms with Gasteiger partial charge in [-0.2, -0.15) is 11.8 Å². The Balaban J connectivity index is 2.48. The van der Waals surface area contributed by atoms with Crippen LogP contribution in [0.1, 0.15) is 40.0 Å². The molecule has 0 saturated carbocycles. The molecule has 0 aliphatic heterocycles. The van der Waals surface area contributed by atoms with E-state index in [0.29, 0.717) is 11.7 Å². The van der Waals surface area contributed by atoms with Crippen LogP contribution in [-0.2, 0) is 4.79 Å². The SMILES string of the molecule is CC1=CCC(C(C)(C)SCC(N)C(=O)O)CC1. The predicted octanol–water partition coefficient (Wildman–Crippen LogP) is 2.66. The van der Waals surface area contributed by atoms with Crippen molar-refractivity contribution >= 4 is 17.7 Å². The molecule has 0 saturated heterocycles. The molecule has 3 nitrogen and oxygen atoms in total. The average molecular weight is 257 g/mol. The highest BCUT2D eigenvalue weighted by atomic mass is 32.2. The van der Waals surface area contributed by atoms with E-state index in [2.05, 4.69) is 26.8 Å². The number of rotatable bonds is 5. The first-order valence-electron chi connectivity index (χ1n) is 6.11. The Kier molecular flexibility index (Phi) is 5.07. The summed E-state index contributed by atoms with van der Waals surface area (Å²) in [5.41, 5.74) is 7.02. The molecule has 1 rings (SSSR count). The lowest BCUT2D eigenvalue weighted by atomic mass is 9.82. The number of carboxylic acids is 1. The molecule has 2 unspecified atom stereocenters. The molecule has 2 atom stereocenters. The lowest BCUT2D eigenvalue weighted by molar-refractivity contribution is -0.137. The number of aliphatic carboxylic acids is 1. The van der Waals surface area contributed by atoms with Crippen LogP contribution in [0.15, 0.2) is 11.6 Å². The predicted molar refractivity (Wildman–Crippen MR) is 73.2 cm³/mol. The molecular weight excluding hydrogens is 234 g/mol. The summed E-state index contributed by atoms with van der Waals surface area (Å²) in [5, 5.41) is 8.78. The van der Waals surface area contributed by atoms with Crippen molar-refractivity contribution in [3.8, 4) is 0 Å². The fraction of sp³-hybridized carbons (Fsp3) is 0.769. The second kappa shape index (κ2) is 5.91. The molecule has 0 radical (unpaired) electrons. The van der Waals surface area contributed by atoms with Crippen molar-refractivity contribution < 1.29 is 9.90 Å². The average Bonchev–Trinajstić information content (AvgIpc) is 2.26. The van der Waals surface area contributed by atoms with E-state index in [9.17, 15) is 4.79 Å². The van der Waals surface area contributed by atoms with Gasteiger partial charge in [-0.15, -0.1) is 0 Å². The Morgan fingerprint density at radius 2 is 2.35 bits per heavy atom. The van der Waals surface area contributed by atoms with Gasteiger partial charge in [-0.05, 0) is 32.1 Å². The maximum Gasteiger partial charge on any atom is 0.321 e. The topological polar surface area (TPSA) is 63.3 Å². The number of carboxylic acid groups (broad SMARTS) is 1. The van der Waals surface area contributed by atoms with E-state index in [1.165, 1.54) is 18.4 Å². The summed E-state index contributed by atoms with van der Waals surface area (Å²) in [6.07, 6.45) is 5.78. The first-order chi connectivity index (χ1) is 7.83. The maximum atomic E-state index is 10.7. The third-order valence-corrected chi connectivity index (χ3v) is 5.18. The number of allylic oxidation sites excluding steroid dienone is 2. The van der Waals surface area contributed by atoms with Crippen LogP contribution in [0.4, 0.5) is 0 Å². The Bertz CT molecular complexity index is 313. The highest BCUT2D eigenvalue weighted by molar-refractivity contribution is 8.00. The van der Waals surface area contributed by atoms with E-state index >= 15 is 0 Å². The Morgan fingerprint density at radius 3 is 2.82 bits per heavy atom. The van der Waals surface area contributed by atoms with E-state index in [0.717, 1.165) is 6.42 Å². The third kappa shape index (κ3) is 4.36. The minimum Gasteiger partial charge on any atom is -0.480 e. The van der Waals surface area contributed by atoms with Gasteiger partial charge >= 0.3 is 5.97 Å². The zero-order chi connectivity index (χ0) is 13.1. The van der Waals surface area contributed by atoms with Crippen molar-refractivity contribution in [3.63, 3.8) is 0 Å². The van der Waals surface area contributed by atoms with Crippen molar-refractivity contribution in [2.45, 2.75) is 50.8 Å². The molecule has 0 heterocycles. The summed E-state index contributed by atoms with van der Waals surface area (Å²) >= 11 is 1.69. The molecule has 0 bridgehead atoms. The van der Waals surface area contributed by atoms with Gasteiger partial charge in [0.15, 0.2) is 0 Å². The van der Waals surface area contributed by atoms with Crippen LogP contribution < -0.4 is 5.73 Å². The van der Waals surface area contributed by atoms with E-state index < -0.39 is 12.0 Å². The fourth-order valence-electron chi connectivity index (χ4n) is 2.09. The molecule has 4 heteroatoms. The zero-order valence-corrected chi connectivity index (χ0v) is 11.7. The van der Waals surface area contributed by atoms with Crippen molar-refractivity contribution in [1.29, 1.82) is 0 Å². The van der Waals surface area contributed by atoms with Gasteiger partial charge in [0.1, 0.15) is 6.04 Å². The third-order valence-electron chi connectivity index (χ3n) is 3.57. The Labute approximate surface area is 108 Å². The summed E-state index contributed by atoms with van der Waals surface area (Å²) in [6, 6.07) is -0.750. The molecule has 3 N–H and O–H groups in total. The Hall–Kier alpha value is -0.480. The Morgan fingerprint density at radius 1 is 1.71 bits per heavy atom. The quantitative estimate of drug-likeness (QED) is 0.743. The van der Waals surface area contributed by atoms with Gasteiger partial charge in [0.2, 0.25) is 0 Å². The highest BCUT2D eigenvalue weighted by Gasteiger charge is 2.31. The van der Waals surface area contributed by atoms with Gasteiger partial charge in [-0.3, -0.25) is 4.79 Å². The van der Waals surface area contributed by atoms with Crippen LogP contribution in [-0.4, -0.2) is 27.6 Å². The lowest BCUT2D eigenvalue weighted by Gasteiger charge is -2.36. The van der Waals surface area contributed by atoms with E-state index in [-0.39, 0.29) is 4.75 Å². The van der Waals surface area contributed by atoms with Gasteiger partial charge in [-0.25, -0.2) is 0 Å². The van der Waals surface area contributed by atoms with Crippen LogP contribution >= 0.6 is 11.8 Å². The summed E-state index contributed by atoms with van der Waals surface area (Å²) in [6.45, 7) is 6.58. The van der Waals surface area contributed by atoms with E-state index in [4.69, 9.17) is 10.8 Å². The molecule has 0 aromatic heterocycles. The summed E-state index contributed by atoms with van der Waals surface area (Å²) in [7, 11) is 0. The number of nitrogens with two attached hydrogens (primary N) is 1.